The van der Waals surface area contributed by atoms with E-state index in [-0.39, 0.29) is 33.4 Å². The van der Waals surface area contributed by atoms with Gasteiger partial charge in [0, 0.05) is 33.7 Å². The van der Waals surface area contributed by atoms with Crippen molar-refractivity contribution in [3.8, 4) is 5.69 Å². The molecule has 0 aliphatic carbocycles. The number of nitrogens with zero attached hydrogens (tertiary/aromatic N) is 4. The minimum Gasteiger partial charge on any atom is -0.455 e. The molecular formula is C38H36ClN9O7S. The maximum absolute atomic E-state index is 13.9. The van der Waals surface area contributed by atoms with Gasteiger partial charge in [0.2, 0.25) is 5.91 Å². The first-order valence-corrected chi connectivity index (χ1v) is 18.9. The fourth-order valence-corrected chi connectivity index (χ4v) is 6.68. The van der Waals surface area contributed by atoms with Crippen LogP contribution in [-0.4, -0.2) is 68.9 Å². The SMILES string of the molecule is Cc1ccc(S(=O)(=O)Nc2ccc(C[C@H](NC(=O)C(=O)Nc3cc(Cl)ccc3-n3cnnn3)C(=O)Nc3ccc4[nH]c(C(=O)OC(C)(C)C)cc4c3)cc2)cc1. The molecule has 18 heteroatoms. The molecule has 288 valence electrons. The molecule has 0 fully saturated rings. The molecule has 0 saturated heterocycles. The van der Waals surface area contributed by atoms with Crippen molar-refractivity contribution in [3.05, 3.63) is 119 Å². The Balaban J connectivity index is 1.22. The molecule has 5 N–H and O–H groups in total. The van der Waals surface area contributed by atoms with Gasteiger partial charge in [0.05, 0.1) is 16.3 Å². The highest BCUT2D eigenvalue weighted by atomic mass is 35.5. The third kappa shape index (κ3) is 9.74. The first kappa shape index (κ1) is 39.1. The summed E-state index contributed by atoms with van der Waals surface area (Å²) in [6.45, 7) is 7.12. The van der Waals surface area contributed by atoms with Crippen molar-refractivity contribution < 1.29 is 32.3 Å². The number of sulfonamides is 1. The van der Waals surface area contributed by atoms with E-state index in [2.05, 4.69) is 41.2 Å². The predicted molar refractivity (Wildman–Crippen MR) is 209 cm³/mol. The summed E-state index contributed by atoms with van der Waals surface area (Å²) in [6.07, 6.45) is 1.19. The number of amides is 3. The van der Waals surface area contributed by atoms with Crippen molar-refractivity contribution >= 4 is 73.3 Å². The third-order valence-corrected chi connectivity index (χ3v) is 9.75. The number of halogens is 1. The van der Waals surface area contributed by atoms with Crippen molar-refractivity contribution in [1.29, 1.82) is 0 Å². The van der Waals surface area contributed by atoms with E-state index in [1.807, 2.05) is 6.92 Å². The number of aromatic amines is 1. The van der Waals surface area contributed by atoms with Crippen LogP contribution in [0.4, 0.5) is 17.1 Å². The van der Waals surface area contributed by atoms with Gasteiger partial charge in [-0.2, -0.15) is 4.68 Å². The summed E-state index contributed by atoms with van der Waals surface area (Å²) in [5.41, 5.74) is 2.63. The van der Waals surface area contributed by atoms with Crippen LogP contribution in [0.25, 0.3) is 16.6 Å². The predicted octanol–water partition coefficient (Wildman–Crippen LogP) is 5.17. The van der Waals surface area contributed by atoms with Crippen LogP contribution in [0.15, 0.2) is 102 Å². The molecule has 0 saturated carbocycles. The second-order valence-corrected chi connectivity index (χ2v) is 15.8. The molecule has 0 radical (unpaired) electrons. The molecule has 0 aliphatic heterocycles. The van der Waals surface area contributed by atoms with E-state index in [0.717, 1.165) is 5.56 Å². The monoisotopic (exact) mass is 797 g/mol. The molecule has 0 aliphatic rings. The Morgan fingerprint density at radius 1 is 0.875 bits per heavy atom. The molecule has 2 aromatic heterocycles. The molecule has 4 aromatic carbocycles. The van der Waals surface area contributed by atoms with Crippen molar-refractivity contribution in [2.24, 2.45) is 0 Å². The molecule has 2 heterocycles. The largest absolute Gasteiger partial charge is 0.455 e. The van der Waals surface area contributed by atoms with Crippen LogP contribution >= 0.6 is 11.6 Å². The van der Waals surface area contributed by atoms with Gasteiger partial charge in [-0.25, -0.2) is 13.2 Å². The summed E-state index contributed by atoms with van der Waals surface area (Å²) in [6, 6.07) is 22.3. The molecule has 56 heavy (non-hydrogen) atoms. The van der Waals surface area contributed by atoms with E-state index in [1.165, 1.54) is 41.3 Å². The number of carbonyl (C=O) groups excluding carboxylic acids is 4. The zero-order chi connectivity index (χ0) is 40.2. The first-order chi connectivity index (χ1) is 26.5. The van der Waals surface area contributed by atoms with Gasteiger partial charge in [0.15, 0.2) is 0 Å². The van der Waals surface area contributed by atoms with E-state index >= 15 is 0 Å². The number of ether oxygens (including phenoxy) is 1. The normalized spacial score (nSPS) is 12.1. The van der Waals surface area contributed by atoms with E-state index in [9.17, 15) is 27.6 Å². The summed E-state index contributed by atoms with van der Waals surface area (Å²) >= 11 is 6.17. The lowest BCUT2D eigenvalue weighted by Crippen LogP contribution is -2.49. The summed E-state index contributed by atoms with van der Waals surface area (Å²) < 4.78 is 35.1. The van der Waals surface area contributed by atoms with Gasteiger partial charge in [-0.15, -0.1) is 5.10 Å². The van der Waals surface area contributed by atoms with Crippen molar-refractivity contribution in [1.82, 2.24) is 30.5 Å². The van der Waals surface area contributed by atoms with Crippen LogP contribution in [0.1, 0.15) is 42.4 Å². The molecule has 0 spiro atoms. The number of anilines is 3. The number of hydrogen-bond donors (Lipinski definition) is 5. The number of hydrogen-bond acceptors (Lipinski definition) is 10. The lowest BCUT2D eigenvalue weighted by molar-refractivity contribution is -0.137. The molecule has 3 amide bonds. The van der Waals surface area contributed by atoms with Crippen LogP contribution in [0, 0.1) is 6.92 Å². The Kier molecular flexibility index (Phi) is 11.2. The molecule has 0 bridgehead atoms. The van der Waals surface area contributed by atoms with Gasteiger partial charge >= 0.3 is 17.8 Å². The van der Waals surface area contributed by atoms with E-state index in [4.69, 9.17) is 16.3 Å². The average Bonchev–Trinajstić information content (AvgIpc) is 3.82. The highest BCUT2D eigenvalue weighted by molar-refractivity contribution is 7.92. The van der Waals surface area contributed by atoms with Crippen LogP contribution in [0.5, 0.6) is 0 Å². The van der Waals surface area contributed by atoms with Crippen LogP contribution in [0.3, 0.4) is 0 Å². The molecule has 6 aromatic rings. The number of rotatable bonds is 11. The zero-order valence-corrected chi connectivity index (χ0v) is 32.0. The number of esters is 1. The minimum absolute atomic E-state index is 0.0895. The van der Waals surface area contributed by atoms with Crippen LogP contribution < -0.4 is 20.7 Å². The number of tetrazole rings is 1. The zero-order valence-electron chi connectivity index (χ0n) is 30.5. The van der Waals surface area contributed by atoms with Gasteiger partial charge in [-0.1, -0.05) is 41.4 Å². The molecule has 0 unspecified atom stereocenters. The van der Waals surface area contributed by atoms with E-state index in [1.54, 1.807) is 81.4 Å². The fourth-order valence-electron chi connectivity index (χ4n) is 5.45. The quantitative estimate of drug-likeness (QED) is 0.0856. The van der Waals surface area contributed by atoms with Gasteiger partial charge in [0.1, 0.15) is 23.7 Å². The Hall–Kier alpha value is -6.59. The molecule has 6 rings (SSSR count). The Bertz CT molecular complexity index is 2530. The number of carbonyl (C=O) groups is 4. The average molecular weight is 798 g/mol. The summed E-state index contributed by atoms with van der Waals surface area (Å²) in [5, 5.41) is 19.7. The first-order valence-electron chi connectivity index (χ1n) is 17.0. The standard InChI is InChI=1S/C38H36ClN9O7S/c1-22-5-13-28(14-6-22)56(53,54)45-26-10-7-23(8-11-26)17-31(44-36(51)35(50)43-30-20-25(39)9-16-33(30)48-21-40-46-47-48)34(49)41-27-12-15-29-24(18-27)19-32(42-29)37(52)55-38(2,3)4/h5-16,18-21,31,42,45H,17H2,1-4H3,(H,41,49)(H,43,50)(H,44,51)/t31-/m0/s1. The Morgan fingerprint density at radius 3 is 2.27 bits per heavy atom. The van der Waals surface area contributed by atoms with Crippen molar-refractivity contribution in [2.75, 3.05) is 15.4 Å². The Morgan fingerprint density at radius 2 is 1.59 bits per heavy atom. The number of benzene rings is 4. The maximum Gasteiger partial charge on any atom is 0.355 e. The lowest BCUT2D eigenvalue weighted by atomic mass is 10.0. The summed E-state index contributed by atoms with van der Waals surface area (Å²) in [5.74, 6) is -3.46. The van der Waals surface area contributed by atoms with E-state index < -0.39 is 45.4 Å². The van der Waals surface area contributed by atoms with Crippen LogP contribution in [0.2, 0.25) is 5.02 Å². The van der Waals surface area contributed by atoms with E-state index in [0.29, 0.717) is 27.8 Å². The second-order valence-electron chi connectivity index (χ2n) is 13.7. The highest BCUT2D eigenvalue weighted by Crippen LogP contribution is 2.25. The van der Waals surface area contributed by atoms with Gasteiger partial charge in [-0.05, 0) is 110 Å². The lowest BCUT2D eigenvalue weighted by Gasteiger charge is -2.19. The number of H-pyrrole nitrogens is 1. The van der Waals surface area contributed by atoms with Crippen LogP contribution in [-0.2, 0) is 35.6 Å². The van der Waals surface area contributed by atoms with Gasteiger partial charge in [-0.3, -0.25) is 19.1 Å². The maximum atomic E-state index is 13.9. The number of fused-ring (bicyclic) bond motifs is 1. The number of aryl methyl sites for hydroxylation is 1. The molecule has 1 atom stereocenters. The molecule has 16 nitrogen and oxygen atoms in total. The smallest absolute Gasteiger partial charge is 0.355 e. The number of nitrogens with one attached hydrogen (secondary N) is 5. The van der Waals surface area contributed by atoms with Crippen molar-refractivity contribution in [2.45, 2.75) is 50.7 Å². The Labute approximate surface area is 326 Å². The minimum atomic E-state index is -3.88. The fraction of sp³-hybridized carbons (Fsp3) is 0.184. The third-order valence-electron chi connectivity index (χ3n) is 8.12. The second kappa shape index (κ2) is 16.0. The van der Waals surface area contributed by atoms with Gasteiger partial charge < -0.3 is 25.7 Å². The summed E-state index contributed by atoms with van der Waals surface area (Å²) in [4.78, 5) is 56.2. The topological polar surface area (TPSA) is 219 Å². The van der Waals surface area contributed by atoms with Gasteiger partial charge in [0.25, 0.3) is 10.0 Å². The highest BCUT2D eigenvalue weighted by Gasteiger charge is 2.27. The summed E-state index contributed by atoms with van der Waals surface area (Å²) in [7, 11) is -3.88. The molecular weight excluding hydrogens is 762 g/mol. The number of aromatic nitrogens is 5. The van der Waals surface area contributed by atoms with Crippen molar-refractivity contribution in [3.63, 3.8) is 0 Å².